The average Bonchev–Trinajstić information content (AvgIpc) is 2.19. The number of rotatable bonds is 3. The molecule has 1 heterocycles. The first kappa shape index (κ1) is 9.40. The number of ketones is 1. The lowest BCUT2D eigenvalue weighted by Gasteiger charge is -1.99. The molecule has 0 radical (unpaired) electrons. The molecule has 1 aromatic rings. The van der Waals surface area contributed by atoms with Crippen molar-refractivity contribution in [1.29, 1.82) is 5.26 Å². The third-order valence-electron chi connectivity index (χ3n) is 1.66. The summed E-state index contributed by atoms with van der Waals surface area (Å²) < 4.78 is 0. The van der Waals surface area contributed by atoms with Crippen molar-refractivity contribution < 1.29 is 4.79 Å². The van der Waals surface area contributed by atoms with Gasteiger partial charge < -0.3 is 0 Å². The van der Waals surface area contributed by atoms with Crippen LogP contribution >= 0.6 is 0 Å². The van der Waals surface area contributed by atoms with Crippen molar-refractivity contribution in [2.75, 3.05) is 0 Å². The molecular formula is C10H10N2O. The van der Waals surface area contributed by atoms with Gasteiger partial charge in [0, 0.05) is 12.6 Å². The van der Waals surface area contributed by atoms with E-state index in [-0.39, 0.29) is 18.1 Å². The number of pyridine rings is 1. The summed E-state index contributed by atoms with van der Waals surface area (Å²) in [6.45, 7) is 1.72. The van der Waals surface area contributed by atoms with Crippen molar-refractivity contribution in [3.05, 3.63) is 30.1 Å². The first-order chi connectivity index (χ1) is 6.24. The van der Waals surface area contributed by atoms with Gasteiger partial charge in [-0.25, -0.2) is 0 Å². The molecule has 0 aliphatic rings. The number of nitriles is 1. The molecule has 1 atom stereocenters. The summed E-state index contributed by atoms with van der Waals surface area (Å²) in [6.07, 6.45) is 1.82. The molecule has 0 saturated heterocycles. The summed E-state index contributed by atoms with van der Waals surface area (Å²) in [4.78, 5) is 15.3. The highest BCUT2D eigenvalue weighted by atomic mass is 16.1. The van der Waals surface area contributed by atoms with Gasteiger partial charge in [0.15, 0.2) is 5.78 Å². The maximum absolute atomic E-state index is 11.4. The molecule has 1 unspecified atom stereocenters. The second-order valence-corrected chi connectivity index (χ2v) is 2.87. The van der Waals surface area contributed by atoms with Crippen LogP contribution in [0.1, 0.15) is 23.8 Å². The first-order valence-corrected chi connectivity index (χ1v) is 4.08. The second-order valence-electron chi connectivity index (χ2n) is 2.87. The summed E-state index contributed by atoms with van der Waals surface area (Å²) in [6, 6.07) is 7.19. The second kappa shape index (κ2) is 4.36. The van der Waals surface area contributed by atoms with Crippen LogP contribution in [0.2, 0.25) is 0 Å². The monoisotopic (exact) mass is 174 g/mol. The predicted molar refractivity (Wildman–Crippen MR) is 48.0 cm³/mol. The Labute approximate surface area is 77.0 Å². The van der Waals surface area contributed by atoms with Gasteiger partial charge >= 0.3 is 0 Å². The topological polar surface area (TPSA) is 53.8 Å². The Morgan fingerprint density at radius 1 is 1.69 bits per heavy atom. The van der Waals surface area contributed by atoms with Crippen LogP contribution in [0.4, 0.5) is 0 Å². The SMILES string of the molecule is CC(C#N)CC(=O)c1ccccn1. The van der Waals surface area contributed by atoms with Gasteiger partial charge in [-0.2, -0.15) is 5.26 Å². The van der Waals surface area contributed by atoms with E-state index in [1.807, 2.05) is 6.07 Å². The zero-order valence-corrected chi connectivity index (χ0v) is 7.40. The van der Waals surface area contributed by atoms with Crippen LogP contribution in [-0.4, -0.2) is 10.8 Å². The molecule has 0 saturated carbocycles. The van der Waals surface area contributed by atoms with Crippen LogP contribution in [-0.2, 0) is 0 Å². The van der Waals surface area contributed by atoms with Crippen molar-refractivity contribution in [2.45, 2.75) is 13.3 Å². The van der Waals surface area contributed by atoms with E-state index in [0.29, 0.717) is 5.69 Å². The minimum absolute atomic E-state index is 0.0744. The highest BCUT2D eigenvalue weighted by Gasteiger charge is 2.10. The fourth-order valence-corrected chi connectivity index (χ4v) is 0.956. The lowest BCUT2D eigenvalue weighted by atomic mass is 10.0. The van der Waals surface area contributed by atoms with Gasteiger partial charge in [0.2, 0.25) is 0 Å². The number of hydrogen-bond acceptors (Lipinski definition) is 3. The molecule has 0 fully saturated rings. The van der Waals surface area contributed by atoms with Crippen LogP contribution in [0, 0.1) is 17.2 Å². The Balaban J connectivity index is 2.66. The van der Waals surface area contributed by atoms with Crippen molar-refractivity contribution in [3.8, 4) is 6.07 Å². The lowest BCUT2D eigenvalue weighted by Crippen LogP contribution is -2.05. The van der Waals surface area contributed by atoms with E-state index < -0.39 is 0 Å². The maximum Gasteiger partial charge on any atom is 0.182 e. The van der Waals surface area contributed by atoms with Crippen LogP contribution < -0.4 is 0 Å². The molecule has 1 rings (SSSR count). The number of Topliss-reactive ketones (excluding diaryl/α,β-unsaturated/α-hetero) is 1. The van der Waals surface area contributed by atoms with Gasteiger partial charge in [0.25, 0.3) is 0 Å². The molecule has 13 heavy (non-hydrogen) atoms. The number of carbonyl (C=O) groups excluding carboxylic acids is 1. The normalized spacial score (nSPS) is 11.7. The van der Waals surface area contributed by atoms with Crippen LogP contribution in [0.15, 0.2) is 24.4 Å². The standard InChI is InChI=1S/C10H10N2O/c1-8(7-11)6-10(13)9-4-2-3-5-12-9/h2-5,8H,6H2,1H3. The number of carbonyl (C=O) groups is 1. The Bertz CT molecular complexity index is 327. The quantitative estimate of drug-likeness (QED) is 0.656. The van der Waals surface area contributed by atoms with Crippen molar-refractivity contribution >= 4 is 5.78 Å². The zero-order valence-electron chi connectivity index (χ0n) is 7.40. The van der Waals surface area contributed by atoms with Crippen LogP contribution in [0.25, 0.3) is 0 Å². The Hall–Kier alpha value is -1.69. The minimum atomic E-state index is -0.241. The van der Waals surface area contributed by atoms with E-state index in [1.165, 1.54) is 0 Å². The van der Waals surface area contributed by atoms with E-state index in [4.69, 9.17) is 5.26 Å². The van der Waals surface area contributed by atoms with Crippen LogP contribution in [0.5, 0.6) is 0 Å². The Morgan fingerprint density at radius 3 is 3.00 bits per heavy atom. The van der Waals surface area contributed by atoms with Crippen molar-refractivity contribution in [1.82, 2.24) is 4.98 Å². The summed E-state index contributed by atoms with van der Waals surface area (Å²) in [5.41, 5.74) is 0.435. The van der Waals surface area contributed by atoms with E-state index in [2.05, 4.69) is 4.98 Å². The molecule has 0 bridgehead atoms. The third kappa shape index (κ3) is 2.68. The van der Waals surface area contributed by atoms with Gasteiger partial charge in [0.1, 0.15) is 5.69 Å². The van der Waals surface area contributed by atoms with Gasteiger partial charge in [-0.15, -0.1) is 0 Å². The molecule has 0 aromatic carbocycles. The molecule has 0 aliphatic heterocycles. The molecule has 66 valence electrons. The molecule has 0 amide bonds. The highest BCUT2D eigenvalue weighted by Crippen LogP contribution is 2.06. The molecule has 0 spiro atoms. The maximum atomic E-state index is 11.4. The highest BCUT2D eigenvalue weighted by molar-refractivity contribution is 5.94. The largest absolute Gasteiger partial charge is 0.292 e. The van der Waals surface area contributed by atoms with Gasteiger partial charge in [-0.05, 0) is 19.1 Å². The van der Waals surface area contributed by atoms with E-state index in [0.717, 1.165) is 0 Å². The Kier molecular flexibility index (Phi) is 3.15. The first-order valence-electron chi connectivity index (χ1n) is 4.08. The number of aromatic nitrogens is 1. The van der Waals surface area contributed by atoms with Crippen molar-refractivity contribution in [3.63, 3.8) is 0 Å². The van der Waals surface area contributed by atoms with Crippen molar-refractivity contribution in [2.24, 2.45) is 5.92 Å². The lowest BCUT2D eigenvalue weighted by molar-refractivity contribution is 0.0968. The van der Waals surface area contributed by atoms with E-state index >= 15 is 0 Å². The van der Waals surface area contributed by atoms with Crippen LogP contribution in [0.3, 0.4) is 0 Å². The van der Waals surface area contributed by atoms with Gasteiger partial charge in [-0.3, -0.25) is 9.78 Å². The summed E-state index contributed by atoms with van der Waals surface area (Å²) >= 11 is 0. The van der Waals surface area contributed by atoms with Gasteiger partial charge in [-0.1, -0.05) is 6.07 Å². The average molecular weight is 174 g/mol. The smallest absolute Gasteiger partial charge is 0.182 e. The fraction of sp³-hybridized carbons (Fsp3) is 0.300. The Morgan fingerprint density at radius 2 is 2.46 bits per heavy atom. The fourth-order valence-electron chi connectivity index (χ4n) is 0.956. The summed E-state index contributed by atoms with van der Waals surface area (Å²) in [5, 5.41) is 8.51. The molecule has 3 heteroatoms. The third-order valence-corrected chi connectivity index (χ3v) is 1.66. The number of hydrogen-bond donors (Lipinski definition) is 0. The predicted octanol–water partition coefficient (Wildman–Crippen LogP) is 1.81. The zero-order chi connectivity index (χ0) is 9.68. The molecule has 1 aromatic heterocycles. The van der Waals surface area contributed by atoms with Gasteiger partial charge in [0.05, 0.1) is 12.0 Å². The summed E-state index contributed by atoms with van der Waals surface area (Å²) in [5.74, 6) is -0.316. The number of nitrogens with zero attached hydrogens (tertiary/aromatic N) is 2. The van der Waals surface area contributed by atoms with E-state index in [9.17, 15) is 4.79 Å². The molecule has 0 N–H and O–H groups in total. The molecule has 3 nitrogen and oxygen atoms in total. The minimum Gasteiger partial charge on any atom is -0.292 e. The summed E-state index contributed by atoms with van der Waals surface area (Å²) in [7, 11) is 0. The van der Waals surface area contributed by atoms with E-state index in [1.54, 1.807) is 31.3 Å². The molecule has 0 aliphatic carbocycles. The molecular weight excluding hydrogens is 164 g/mol.